The van der Waals surface area contributed by atoms with E-state index in [0.29, 0.717) is 0 Å². The Balaban J connectivity index is 1.85. The summed E-state index contributed by atoms with van der Waals surface area (Å²) in [7, 11) is 0. The largest absolute Gasteiger partial charge is 0.0840 e. The second-order valence-electron chi connectivity index (χ2n) is 7.22. The summed E-state index contributed by atoms with van der Waals surface area (Å²) in [5.74, 6) is 0.761. The maximum absolute atomic E-state index is 6.62. The molecular weight excluding hydrogens is 324 g/mol. The van der Waals surface area contributed by atoms with Crippen molar-refractivity contribution in [3.05, 3.63) is 106 Å². The monoisotopic (exact) mass is 346 g/mol. The lowest BCUT2D eigenvalue weighted by Gasteiger charge is -2.33. The Morgan fingerprint density at radius 3 is 1.96 bits per heavy atom. The highest BCUT2D eigenvalue weighted by Crippen LogP contribution is 2.43. The maximum atomic E-state index is 6.62. The molecule has 126 valence electrons. The first-order valence-electron chi connectivity index (χ1n) is 9.10. The molecule has 0 aromatic heterocycles. The first-order valence-corrected chi connectivity index (χ1v) is 9.48. The van der Waals surface area contributed by atoms with Gasteiger partial charge in [0.2, 0.25) is 0 Å². The third kappa shape index (κ3) is 2.89. The van der Waals surface area contributed by atoms with Crippen LogP contribution in [0.25, 0.3) is 0 Å². The van der Waals surface area contributed by atoms with Gasteiger partial charge in [-0.25, -0.2) is 0 Å². The summed E-state index contributed by atoms with van der Waals surface area (Å²) in [6.07, 6.45) is 4.04. The minimum atomic E-state index is -0.266. The summed E-state index contributed by atoms with van der Waals surface area (Å²) in [5, 5.41) is 0.817. The lowest BCUT2D eigenvalue weighted by molar-refractivity contribution is 0.419. The summed E-state index contributed by atoms with van der Waals surface area (Å²) in [6.45, 7) is 2.28. The van der Waals surface area contributed by atoms with Gasteiger partial charge < -0.3 is 0 Å². The summed E-state index contributed by atoms with van der Waals surface area (Å²) in [4.78, 5) is 0. The van der Waals surface area contributed by atoms with Gasteiger partial charge in [0.25, 0.3) is 0 Å². The van der Waals surface area contributed by atoms with Crippen molar-refractivity contribution in [2.24, 2.45) is 0 Å². The Bertz CT molecular complexity index is 847. The Morgan fingerprint density at radius 2 is 1.36 bits per heavy atom. The fraction of sp³-hybridized carbons (Fsp3) is 0.250. The lowest BCUT2D eigenvalue weighted by atomic mass is 9.70. The zero-order valence-electron chi connectivity index (χ0n) is 14.6. The van der Waals surface area contributed by atoms with Gasteiger partial charge in [-0.3, -0.25) is 0 Å². The summed E-state index contributed by atoms with van der Waals surface area (Å²) in [5.41, 5.74) is 4.91. The molecule has 4 rings (SSSR count). The van der Waals surface area contributed by atoms with Crippen LogP contribution >= 0.6 is 11.6 Å². The van der Waals surface area contributed by atoms with Gasteiger partial charge in [-0.1, -0.05) is 90.8 Å². The molecule has 0 radical (unpaired) electrons. The van der Waals surface area contributed by atoms with E-state index in [9.17, 15) is 0 Å². The molecule has 0 spiro atoms. The predicted molar refractivity (Wildman–Crippen MR) is 106 cm³/mol. The van der Waals surface area contributed by atoms with Crippen LogP contribution in [-0.4, -0.2) is 0 Å². The number of hydrogen-bond acceptors (Lipinski definition) is 0. The highest BCUT2D eigenvalue weighted by molar-refractivity contribution is 6.31. The second-order valence-corrected chi connectivity index (χ2v) is 7.63. The van der Waals surface area contributed by atoms with Gasteiger partial charge in [-0.2, -0.15) is 0 Å². The van der Waals surface area contributed by atoms with E-state index in [1.165, 1.54) is 36.0 Å². The van der Waals surface area contributed by atoms with Gasteiger partial charge in [0.15, 0.2) is 0 Å². The molecule has 25 heavy (non-hydrogen) atoms. The average Bonchev–Trinajstić information content (AvgIpc) is 2.61. The molecule has 3 aromatic rings. The molecular formula is C24H23Cl. The van der Waals surface area contributed by atoms with Gasteiger partial charge in [-0.05, 0) is 54.0 Å². The van der Waals surface area contributed by atoms with Crippen LogP contribution in [0.5, 0.6) is 0 Å². The van der Waals surface area contributed by atoms with E-state index >= 15 is 0 Å². The number of rotatable bonds is 4. The molecule has 0 nitrogen and oxygen atoms in total. The molecule has 0 saturated heterocycles. The van der Waals surface area contributed by atoms with Gasteiger partial charge in [0, 0.05) is 10.4 Å². The number of benzene rings is 3. The zero-order chi connectivity index (χ0) is 17.3. The smallest absolute Gasteiger partial charge is 0.0450 e. The van der Waals surface area contributed by atoms with Crippen molar-refractivity contribution >= 4 is 11.6 Å². The predicted octanol–water partition coefficient (Wildman–Crippen LogP) is 6.96. The number of halogens is 1. The van der Waals surface area contributed by atoms with Crippen LogP contribution < -0.4 is 0 Å². The van der Waals surface area contributed by atoms with Crippen molar-refractivity contribution < 1.29 is 0 Å². The molecule has 1 unspecified atom stereocenters. The van der Waals surface area contributed by atoms with Crippen molar-refractivity contribution in [2.45, 2.75) is 37.5 Å². The van der Waals surface area contributed by atoms with Crippen molar-refractivity contribution in [2.75, 3.05) is 0 Å². The molecule has 0 heterocycles. The Hall–Kier alpha value is -2.05. The van der Waals surface area contributed by atoms with Crippen LogP contribution in [0.4, 0.5) is 0 Å². The zero-order valence-corrected chi connectivity index (χ0v) is 15.3. The van der Waals surface area contributed by atoms with Crippen LogP contribution in [0.3, 0.4) is 0 Å². The number of hydrogen-bond donors (Lipinski definition) is 0. The van der Waals surface area contributed by atoms with Crippen molar-refractivity contribution in [3.8, 4) is 0 Å². The van der Waals surface area contributed by atoms with E-state index in [1.54, 1.807) is 0 Å². The SMILES string of the molecule is CC(c1ccccc1)(c1ccc(C2CCC2)cc1)c1ccccc1Cl. The molecule has 0 aliphatic heterocycles. The van der Waals surface area contributed by atoms with Crippen molar-refractivity contribution in [1.82, 2.24) is 0 Å². The van der Waals surface area contributed by atoms with Crippen molar-refractivity contribution in [1.29, 1.82) is 0 Å². The molecule has 0 N–H and O–H groups in total. The Labute approximate surface area is 155 Å². The third-order valence-electron chi connectivity index (χ3n) is 5.83. The molecule has 3 aromatic carbocycles. The lowest BCUT2D eigenvalue weighted by Crippen LogP contribution is -2.26. The van der Waals surface area contributed by atoms with E-state index in [2.05, 4.69) is 73.7 Å². The van der Waals surface area contributed by atoms with Crippen molar-refractivity contribution in [3.63, 3.8) is 0 Å². The Kier molecular flexibility index (Phi) is 4.39. The fourth-order valence-corrected chi connectivity index (χ4v) is 4.27. The molecule has 1 aliphatic carbocycles. The molecule has 1 fully saturated rings. The van der Waals surface area contributed by atoms with Crippen LogP contribution in [0.1, 0.15) is 54.4 Å². The molecule has 1 saturated carbocycles. The van der Waals surface area contributed by atoms with E-state index in [-0.39, 0.29) is 5.41 Å². The molecule has 1 atom stereocenters. The van der Waals surface area contributed by atoms with Gasteiger partial charge in [-0.15, -0.1) is 0 Å². The highest BCUT2D eigenvalue weighted by atomic mass is 35.5. The van der Waals surface area contributed by atoms with Crippen LogP contribution in [-0.2, 0) is 5.41 Å². The minimum absolute atomic E-state index is 0.266. The van der Waals surface area contributed by atoms with Crippen LogP contribution in [0.2, 0.25) is 5.02 Å². The van der Waals surface area contributed by atoms with E-state index < -0.39 is 0 Å². The van der Waals surface area contributed by atoms with E-state index in [1.807, 2.05) is 12.1 Å². The normalized spacial score (nSPS) is 16.9. The molecule has 0 amide bonds. The van der Waals surface area contributed by atoms with Crippen LogP contribution in [0, 0.1) is 0 Å². The maximum Gasteiger partial charge on any atom is 0.0450 e. The first-order chi connectivity index (χ1) is 12.2. The summed E-state index contributed by atoms with van der Waals surface area (Å²) < 4.78 is 0. The average molecular weight is 347 g/mol. The Morgan fingerprint density at radius 1 is 0.760 bits per heavy atom. The standard InChI is InChI=1S/C24H23Cl/c1-24(20-10-3-2-4-11-20,22-12-5-6-13-23(22)25)21-16-14-19(15-17-21)18-8-7-9-18/h2-6,10-18H,7-9H2,1H3. The molecule has 0 bridgehead atoms. The highest BCUT2D eigenvalue weighted by Gasteiger charge is 2.33. The van der Waals surface area contributed by atoms with Gasteiger partial charge in [0.05, 0.1) is 0 Å². The second kappa shape index (κ2) is 6.69. The summed E-state index contributed by atoms with van der Waals surface area (Å²) >= 11 is 6.62. The topological polar surface area (TPSA) is 0 Å². The quantitative estimate of drug-likeness (QED) is 0.448. The van der Waals surface area contributed by atoms with E-state index in [0.717, 1.165) is 16.5 Å². The minimum Gasteiger partial charge on any atom is -0.0840 e. The summed E-state index contributed by atoms with van der Waals surface area (Å²) in [6, 6.07) is 28.1. The van der Waals surface area contributed by atoms with Gasteiger partial charge >= 0.3 is 0 Å². The fourth-order valence-electron chi connectivity index (χ4n) is 3.95. The van der Waals surface area contributed by atoms with Gasteiger partial charge in [0.1, 0.15) is 0 Å². The first kappa shape index (κ1) is 16.4. The van der Waals surface area contributed by atoms with Crippen LogP contribution in [0.15, 0.2) is 78.9 Å². The van der Waals surface area contributed by atoms with E-state index in [4.69, 9.17) is 11.6 Å². The third-order valence-corrected chi connectivity index (χ3v) is 6.16. The molecule has 1 heteroatoms. The molecule has 1 aliphatic rings.